The summed E-state index contributed by atoms with van der Waals surface area (Å²) in [7, 11) is 0. The molecule has 4 heteroatoms. The van der Waals surface area contributed by atoms with Gasteiger partial charge in [0.05, 0.1) is 12.8 Å². The minimum atomic E-state index is -0.381. The number of rotatable bonds is 5. The van der Waals surface area contributed by atoms with Gasteiger partial charge in [-0.1, -0.05) is 13.3 Å². The van der Waals surface area contributed by atoms with E-state index >= 15 is 0 Å². The smallest absolute Gasteiger partial charge is 0.218 e. The number of nitrogens with two attached hydrogens (primary N) is 1. The van der Waals surface area contributed by atoms with E-state index in [1.165, 1.54) is 6.07 Å². The molecule has 2 N–H and O–H groups in total. The number of pyridine rings is 1. The molecule has 1 aromatic rings. The summed E-state index contributed by atoms with van der Waals surface area (Å²) < 4.78 is 18.1. The van der Waals surface area contributed by atoms with E-state index in [0.717, 1.165) is 19.0 Å². The van der Waals surface area contributed by atoms with Gasteiger partial charge < -0.3 is 10.5 Å². The van der Waals surface area contributed by atoms with Crippen LogP contribution in [-0.4, -0.2) is 11.6 Å². The van der Waals surface area contributed by atoms with Crippen molar-refractivity contribution in [3.63, 3.8) is 0 Å². The lowest BCUT2D eigenvalue weighted by Gasteiger charge is -2.08. The average molecular weight is 198 g/mol. The summed E-state index contributed by atoms with van der Waals surface area (Å²) in [6.45, 7) is 2.92. The van der Waals surface area contributed by atoms with E-state index in [-0.39, 0.29) is 12.4 Å². The molecule has 0 bridgehead atoms. The quantitative estimate of drug-likeness (QED) is 0.734. The number of hydrogen-bond acceptors (Lipinski definition) is 3. The van der Waals surface area contributed by atoms with Crippen LogP contribution in [0.4, 0.5) is 4.39 Å². The zero-order valence-electron chi connectivity index (χ0n) is 8.29. The molecular weight excluding hydrogens is 183 g/mol. The van der Waals surface area contributed by atoms with Gasteiger partial charge in [-0.15, -0.1) is 0 Å². The highest BCUT2D eigenvalue weighted by Crippen LogP contribution is 2.15. The highest BCUT2D eigenvalue weighted by Gasteiger charge is 2.04. The predicted molar refractivity (Wildman–Crippen MR) is 52.5 cm³/mol. The van der Waals surface area contributed by atoms with E-state index in [1.807, 2.05) is 0 Å². The minimum Gasteiger partial charge on any atom is -0.477 e. The summed E-state index contributed by atoms with van der Waals surface area (Å²) in [5, 5.41) is 0. The number of halogens is 1. The SMILES string of the molecule is CCCCOc1ncc(F)cc1CN. The molecule has 0 aliphatic heterocycles. The van der Waals surface area contributed by atoms with Crippen LogP contribution in [0.3, 0.4) is 0 Å². The van der Waals surface area contributed by atoms with Gasteiger partial charge in [-0.25, -0.2) is 9.37 Å². The number of hydrogen-bond donors (Lipinski definition) is 1. The highest BCUT2D eigenvalue weighted by atomic mass is 19.1. The van der Waals surface area contributed by atoms with Gasteiger partial charge in [0.25, 0.3) is 0 Å². The van der Waals surface area contributed by atoms with Gasteiger partial charge in [-0.3, -0.25) is 0 Å². The van der Waals surface area contributed by atoms with Crippen LogP contribution in [-0.2, 0) is 6.54 Å². The van der Waals surface area contributed by atoms with Crippen molar-refractivity contribution in [3.05, 3.63) is 23.6 Å². The summed E-state index contributed by atoms with van der Waals surface area (Å²) in [6, 6.07) is 1.36. The molecule has 1 aromatic heterocycles. The maximum Gasteiger partial charge on any atom is 0.218 e. The molecule has 78 valence electrons. The van der Waals surface area contributed by atoms with Crippen LogP contribution in [0.1, 0.15) is 25.3 Å². The van der Waals surface area contributed by atoms with Crippen molar-refractivity contribution in [2.45, 2.75) is 26.3 Å². The van der Waals surface area contributed by atoms with Crippen LogP contribution in [0, 0.1) is 5.82 Å². The number of unbranched alkanes of at least 4 members (excludes halogenated alkanes) is 1. The molecule has 0 saturated carbocycles. The molecule has 0 radical (unpaired) electrons. The first kappa shape index (κ1) is 10.9. The zero-order valence-corrected chi connectivity index (χ0v) is 8.29. The fourth-order valence-corrected chi connectivity index (χ4v) is 1.06. The monoisotopic (exact) mass is 198 g/mol. The Labute approximate surface area is 83.1 Å². The zero-order chi connectivity index (χ0) is 10.4. The molecule has 0 aliphatic rings. The van der Waals surface area contributed by atoms with Gasteiger partial charge in [-0.2, -0.15) is 0 Å². The first-order valence-corrected chi connectivity index (χ1v) is 4.75. The fraction of sp³-hybridized carbons (Fsp3) is 0.500. The lowest BCUT2D eigenvalue weighted by molar-refractivity contribution is 0.293. The van der Waals surface area contributed by atoms with Gasteiger partial charge in [0.2, 0.25) is 5.88 Å². The van der Waals surface area contributed by atoms with Crippen molar-refractivity contribution in [1.29, 1.82) is 0 Å². The maximum absolute atomic E-state index is 12.7. The predicted octanol–water partition coefficient (Wildman–Crippen LogP) is 1.86. The minimum absolute atomic E-state index is 0.242. The Morgan fingerprint density at radius 1 is 1.57 bits per heavy atom. The molecule has 0 amide bonds. The highest BCUT2D eigenvalue weighted by molar-refractivity contribution is 5.25. The van der Waals surface area contributed by atoms with Crippen molar-refractivity contribution in [1.82, 2.24) is 4.98 Å². The molecule has 0 unspecified atom stereocenters. The van der Waals surface area contributed by atoms with Crippen LogP contribution >= 0.6 is 0 Å². The molecule has 0 aliphatic carbocycles. The molecule has 0 atom stereocenters. The summed E-state index contributed by atoms with van der Waals surface area (Å²) in [4.78, 5) is 3.84. The molecule has 0 fully saturated rings. The van der Waals surface area contributed by atoms with Gasteiger partial charge in [-0.05, 0) is 12.5 Å². The maximum atomic E-state index is 12.7. The van der Waals surface area contributed by atoms with Crippen molar-refractivity contribution >= 4 is 0 Å². The molecule has 0 spiro atoms. The largest absolute Gasteiger partial charge is 0.477 e. The Balaban J connectivity index is 2.65. The van der Waals surface area contributed by atoms with Crippen molar-refractivity contribution in [3.8, 4) is 5.88 Å². The summed E-state index contributed by atoms with van der Waals surface area (Å²) in [5.41, 5.74) is 6.05. The molecule has 14 heavy (non-hydrogen) atoms. The first-order chi connectivity index (χ1) is 6.77. The van der Waals surface area contributed by atoms with Crippen LogP contribution in [0.5, 0.6) is 5.88 Å². The van der Waals surface area contributed by atoms with Crippen molar-refractivity contribution in [2.75, 3.05) is 6.61 Å². The van der Waals surface area contributed by atoms with E-state index in [0.29, 0.717) is 18.1 Å². The normalized spacial score (nSPS) is 10.2. The molecule has 0 aromatic carbocycles. The number of nitrogens with zero attached hydrogens (tertiary/aromatic N) is 1. The van der Waals surface area contributed by atoms with Crippen molar-refractivity contribution < 1.29 is 9.13 Å². The Morgan fingerprint density at radius 3 is 3.00 bits per heavy atom. The fourth-order valence-electron chi connectivity index (χ4n) is 1.06. The first-order valence-electron chi connectivity index (χ1n) is 4.75. The Kier molecular flexibility index (Phi) is 4.32. The van der Waals surface area contributed by atoms with E-state index in [1.54, 1.807) is 0 Å². The summed E-state index contributed by atoms with van der Waals surface area (Å²) in [6.07, 6.45) is 3.16. The second kappa shape index (κ2) is 5.54. The second-order valence-electron chi connectivity index (χ2n) is 3.02. The summed E-state index contributed by atoms with van der Waals surface area (Å²) in [5.74, 6) is 0.0654. The molecule has 3 nitrogen and oxygen atoms in total. The van der Waals surface area contributed by atoms with Gasteiger partial charge in [0.15, 0.2) is 0 Å². The van der Waals surface area contributed by atoms with E-state index in [9.17, 15) is 4.39 Å². The molecule has 1 rings (SSSR count). The Morgan fingerprint density at radius 2 is 2.36 bits per heavy atom. The van der Waals surface area contributed by atoms with Crippen LogP contribution in [0.15, 0.2) is 12.3 Å². The second-order valence-corrected chi connectivity index (χ2v) is 3.02. The third-order valence-corrected chi connectivity index (χ3v) is 1.85. The Bertz CT molecular complexity index is 291. The van der Waals surface area contributed by atoms with Crippen LogP contribution < -0.4 is 10.5 Å². The third kappa shape index (κ3) is 2.96. The van der Waals surface area contributed by atoms with E-state index in [2.05, 4.69) is 11.9 Å². The lowest BCUT2D eigenvalue weighted by atomic mass is 10.2. The van der Waals surface area contributed by atoms with Crippen LogP contribution in [0.25, 0.3) is 0 Å². The summed E-state index contributed by atoms with van der Waals surface area (Å²) >= 11 is 0. The number of ether oxygens (including phenoxy) is 1. The van der Waals surface area contributed by atoms with Gasteiger partial charge in [0.1, 0.15) is 5.82 Å². The standard InChI is InChI=1S/C10H15FN2O/c1-2-3-4-14-10-8(6-12)5-9(11)7-13-10/h5,7H,2-4,6,12H2,1H3. The van der Waals surface area contributed by atoms with Crippen LogP contribution in [0.2, 0.25) is 0 Å². The lowest BCUT2D eigenvalue weighted by Crippen LogP contribution is -2.06. The molecule has 1 heterocycles. The van der Waals surface area contributed by atoms with Gasteiger partial charge in [0, 0.05) is 12.1 Å². The molecule has 0 saturated heterocycles. The molecular formula is C10H15FN2O. The van der Waals surface area contributed by atoms with Gasteiger partial charge >= 0.3 is 0 Å². The van der Waals surface area contributed by atoms with E-state index < -0.39 is 0 Å². The topological polar surface area (TPSA) is 48.1 Å². The Hall–Kier alpha value is -1.16. The number of aromatic nitrogens is 1. The van der Waals surface area contributed by atoms with Crippen molar-refractivity contribution in [2.24, 2.45) is 5.73 Å². The third-order valence-electron chi connectivity index (χ3n) is 1.85. The van der Waals surface area contributed by atoms with E-state index in [4.69, 9.17) is 10.5 Å². The average Bonchev–Trinajstić information content (AvgIpc) is 2.20.